The highest BCUT2D eigenvalue weighted by Crippen LogP contribution is 2.24. The molecule has 1 aromatic heterocycles. The Morgan fingerprint density at radius 2 is 2.04 bits per heavy atom. The molecular weight excluding hydrogens is 414 g/mol. The molecule has 6 heteroatoms. The summed E-state index contributed by atoms with van der Waals surface area (Å²) in [5, 5.41) is 0. The predicted octanol–water partition coefficient (Wildman–Crippen LogP) is 3.22. The third-order valence-electron chi connectivity index (χ3n) is 3.77. The van der Waals surface area contributed by atoms with Crippen molar-refractivity contribution in [1.29, 1.82) is 0 Å². The number of carbonyl (C=O) groups excluding carboxylic acids is 1. The monoisotopic (exact) mass is 437 g/mol. The van der Waals surface area contributed by atoms with E-state index in [-0.39, 0.29) is 11.3 Å². The molecule has 0 spiro atoms. The van der Waals surface area contributed by atoms with Crippen LogP contribution in [0.4, 0.5) is 0 Å². The fourth-order valence-electron chi connectivity index (χ4n) is 2.15. The Bertz CT molecular complexity index is 980. The van der Waals surface area contributed by atoms with E-state index in [0.29, 0.717) is 15.8 Å². The molecule has 26 heavy (non-hydrogen) atoms. The van der Waals surface area contributed by atoms with E-state index in [2.05, 4.69) is 15.9 Å². The van der Waals surface area contributed by atoms with Crippen molar-refractivity contribution in [2.75, 3.05) is 6.61 Å². The molecule has 0 bridgehead atoms. The zero-order chi connectivity index (χ0) is 19.5. The second-order valence-electron chi connectivity index (χ2n) is 7.10. The molecule has 0 radical (unpaired) electrons. The van der Waals surface area contributed by atoms with Crippen molar-refractivity contribution in [1.82, 2.24) is 4.57 Å². The van der Waals surface area contributed by atoms with Crippen LogP contribution >= 0.6 is 27.3 Å². The Labute approximate surface area is 165 Å². The van der Waals surface area contributed by atoms with Gasteiger partial charge in [0.15, 0.2) is 5.78 Å². The van der Waals surface area contributed by atoms with Crippen LogP contribution in [0.25, 0.3) is 12.2 Å². The lowest BCUT2D eigenvalue weighted by Gasteiger charge is -2.12. The predicted molar refractivity (Wildman–Crippen MR) is 111 cm³/mol. The topological polar surface area (TPSA) is 48.3 Å². The smallest absolute Gasteiger partial charge is 0.268 e. The van der Waals surface area contributed by atoms with E-state index in [9.17, 15) is 9.59 Å². The standard InChI is InChI=1S/C20H24BrNO3S/c1-6-9-25-15-8-7-14(21)10-13(15)11-16-19(24)22(5)18(26-16)12-17(23)20(2,3)4/h7-8,10-12H,6,9H2,1-5H3/b16-11-,18-12-. The van der Waals surface area contributed by atoms with E-state index >= 15 is 0 Å². The summed E-state index contributed by atoms with van der Waals surface area (Å²) in [7, 11) is 1.69. The summed E-state index contributed by atoms with van der Waals surface area (Å²) in [5.41, 5.74) is 0.236. The summed E-state index contributed by atoms with van der Waals surface area (Å²) in [6.07, 6.45) is 4.28. The maximum absolute atomic E-state index is 12.6. The van der Waals surface area contributed by atoms with Gasteiger partial charge in [0, 0.05) is 28.6 Å². The fourth-order valence-corrected chi connectivity index (χ4v) is 3.55. The average molecular weight is 438 g/mol. The van der Waals surface area contributed by atoms with Gasteiger partial charge in [0.1, 0.15) is 10.4 Å². The number of ether oxygens (including phenoxy) is 1. The van der Waals surface area contributed by atoms with Gasteiger partial charge in [-0.05, 0) is 30.7 Å². The van der Waals surface area contributed by atoms with Crippen molar-refractivity contribution in [2.45, 2.75) is 34.1 Å². The molecule has 140 valence electrons. The second kappa shape index (κ2) is 8.35. The molecule has 0 aliphatic rings. The number of halogens is 1. The molecule has 2 rings (SSSR count). The molecule has 0 aliphatic carbocycles. The second-order valence-corrected chi connectivity index (χ2v) is 9.08. The zero-order valence-electron chi connectivity index (χ0n) is 15.8. The van der Waals surface area contributed by atoms with Gasteiger partial charge in [0.25, 0.3) is 5.56 Å². The first-order valence-corrected chi connectivity index (χ1v) is 10.1. The van der Waals surface area contributed by atoms with Crippen molar-refractivity contribution in [3.63, 3.8) is 0 Å². The van der Waals surface area contributed by atoms with E-state index < -0.39 is 5.41 Å². The molecule has 0 aliphatic heterocycles. The number of hydrogen-bond acceptors (Lipinski definition) is 4. The summed E-state index contributed by atoms with van der Waals surface area (Å²) in [6, 6.07) is 5.73. The first-order valence-electron chi connectivity index (χ1n) is 8.49. The molecule has 0 amide bonds. The third-order valence-corrected chi connectivity index (χ3v) is 5.38. The van der Waals surface area contributed by atoms with Gasteiger partial charge in [-0.25, -0.2) is 0 Å². The van der Waals surface area contributed by atoms with Crippen molar-refractivity contribution < 1.29 is 9.53 Å². The Morgan fingerprint density at radius 3 is 2.65 bits per heavy atom. The first-order chi connectivity index (χ1) is 12.1. The van der Waals surface area contributed by atoms with Crippen LogP contribution in [0, 0.1) is 5.41 Å². The summed E-state index contributed by atoms with van der Waals surface area (Å²) in [5.74, 6) is 0.733. The number of rotatable bonds is 5. The lowest BCUT2D eigenvalue weighted by molar-refractivity contribution is -0.120. The average Bonchev–Trinajstić information content (AvgIpc) is 2.81. The van der Waals surface area contributed by atoms with E-state index in [1.165, 1.54) is 15.9 Å². The lowest BCUT2D eigenvalue weighted by atomic mass is 9.91. The van der Waals surface area contributed by atoms with Crippen LogP contribution in [0.2, 0.25) is 0 Å². The number of ketones is 1. The summed E-state index contributed by atoms with van der Waals surface area (Å²) in [4.78, 5) is 24.9. The molecule has 0 fully saturated rings. The maximum atomic E-state index is 12.6. The van der Waals surface area contributed by atoms with Crippen molar-refractivity contribution in [2.24, 2.45) is 12.5 Å². The Hall–Kier alpha value is -1.66. The molecule has 1 aromatic carbocycles. The molecule has 2 aromatic rings. The van der Waals surface area contributed by atoms with Crippen LogP contribution in [-0.4, -0.2) is 17.0 Å². The van der Waals surface area contributed by atoms with Crippen LogP contribution in [0.5, 0.6) is 5.75 Å². The highest BCUT2D eigenvalue weighted by Gasteiger charge is 2.19. The van der Waals surface area contributed by atoms with Crippen LogP contribution in [0.15, 0.2) is 27.5 Å². The van der Waals surface area contributed by atoms with Crippen LogP contribution < -0.4 is 19.5 Å². The van der Waals surface area contributed by atoms with Gasteiger partial charge >= 0.3 is 0 Å². The Morgan fingerprint density at radius 1 is 1.35 bits per heavy atom. The number of benzene rings is 1. The number of aromatic nitrogens is 1. The Kier molecular flexibility index (Phi) is 6.64. The Balaban J connectivity index is 2.59. The number of carbonyl (C=O) groups is 1. The van der Waals surface area contributed by atoms with Gasteiger partial charge < -0.3 is 9.30 Å². The maximum Gasteiger partial charge on any atom is 0.268 e. The lowest BCUT2D eigenvalue weighted by Crippen LogP contribution is -2.30. The third kappa shape index (κ3) is 4.95. The van der Waals surface area contributed by atoms with E-state index in [0.717, 1.165) is 22.2 Å². The minimum atomic E-state index is -0.477. The van der Waals surface area contributed by atoms with Gasteiger partial charge in [-0.1, -0.05) is 43.6 Å². The van der Waals surface area contributed by atoms with Gasteiger partial charge in [0.2, 0.25) is 0 Å². The molecule has 0 saturated heterocycles. The van der Waals surface area contributed by atoms with Crippen molar-refractivity contribution >= 4 is 45.2 Å². The van der Waals surface area contributed by atoms with Gasteiger partial charge in [0.05, 0.1) is 11.1 Å². The zero-order valence-corrected chi connectivity index (χ0v) is 18.2. The summed E-state index contributed by atoms with van der Waals surface area (Å²) in [6.45, 7) is 8.26. The van der Waals surface area contributed by atoms with Crippen LogP contribution in [0.1, 0.15) is 39.7 Å². The van der Waals surface area contributed by atoms with E-state index in [1.807, 2.05) is 52.0 Å². The summed E-state index contributed by atoms with van der Waals surface area (Å²) >= 11 is 4.78. The first kappa shape index (κ1) is 20.6. The fraction of sp³-hybridized carbons (Fsp3) is 0.400. The van der Waals surface area contributed by atoms with E-state index in [4.69, 9.17) is 4.74 Å². The van der Waals surface area contributed by atoms with Crippen LogP contribution in [0.3, 0.4) is 0 Å². The minimum absolute atomic E-state index is 0.00433. The number of nitrogens with zero attached hydrogens (tertiary/aromatic N) is 1. The number of thiazole rings is 1. The number of hydrogen-bond donors (Lipinski definition) is 0. The SMILES string of the molecule is CCCOc1ccc(Br)cc1/C=c1\s/c(=C\C(=O)C(C)(C)C)n(C)c1=O. The quantitative estimate of drug-likeness (QED) is 0.721. The molecule has 1 heterocycles. The molecule has 0 atom stereocenters. The highest BCUT2D eigenvalue weighted by molar-refractivity contribution is 9.10. The van der Waals surface area contributed by atoms with Crippen molar-refractivity contribution in [3.8, 4) is 5.75 Å². The number of Topliss-reactive ketones (excluding diaryl/α,β-unsaturated/α-hetero) is 1. The molecule has 0 saturated carbocycles. The normalized spacial score (nSPS) is 13.3. The summed E-state index contributed by atoms with van der Waals surface area (Å²) < 4.78 is 9.43. The van der Waals surface area contributed by atoms with E-state index in [1.54, 1.807) is 13.1 Å². The van der Waals surface area contributed by atoms with Crippen molar-refractivity contribution in [3.05, 3.63) is 47.8 Å². The highest BCUT2D eigenvalue weighted by atomic mass is 79.9. The molecular formula is C20H24BrNO3S. The van der Waals surface area contributed by atoms with Gasteiger partial charge in [-0.2, -0.15) is 0 Å². The largest absolute Gasteiger partial charge is 0.493 e. The minimum Gasteiger partial charge on any atom is -0.493 e. The molecule has 0 unspecified atom stereocenters. The molecule has 4 nitrogen and oxygen atoms in total. The van der Waals surface area contributed by atoms with Gasteiger partial charge in [-0.3, -0.25) is 9.59 Å². The molecule has 0 N–H and O–H groups in total. The van der Waals surface area contributed by atoms with Crippen LogP contribution in [-0.2, 0) is 11.8 Å². The van der Waals surface area contributed by atoms with Gasteiger partial charge in [-0.15, -0.1) is 11.3 Å².